The van der Waals surface area contributed by atoms with Crippen LogP contribution >= 0.6 is 11.6 Å². The standard InChI is InChI=1S/C21H20ClN7O4/c22-20-24-10-25-21(27-20)28(12-6-7-23-8-12)9-11-2-1-3-13-16(11)19(33)29(18(13)32)14-4-5-15(30)26-17(14)31/h1-3,10,12,14,23H,4-9H2,(H,26,30,31). The Bertz CT molecular complexity index is 1170. The lowest BCUT2D eigenvalue weighted by Crippen LogP contribution is -2.54. The maximum absolute atomic E-state index is 13.4. The number of nitrogens with one attached hydrogen (secondary N) is 2. The number of amides is 4. The van der Waals surface area contributed by atoms with E-state index in [1.807, 2.05) is 4.90 Å². The van der Waals surface area contributed by atoms with Gasteiger partial charge < -0.3 is 10.2 Å². The van der Waals surface area contributed by atoms with E-state index < -0.39 is 29.7 Å². The maximum atomic E-state index is 13.4. The van der Waals surface area contributed by atoms with Gasteiger partial charge in [0.15, 0.2) is 0 Å². The number of carbonyl (C=O) groups excluding carboxylic acids is 4. The molecule has 2 saturated heterocycles. The van der Waals surface area contributed by atoms with Gasteiger partial charge in [-0.1, -0.05) is 12.1 Å². The van der Waals surface area contributed by atoms with E-state index in [1.54, 1.807) is 18.2 Å². The van der Waals surface area contributed by atoms with Crippen molar-refractivity contribution in [3.05, 3.63) is 46.5 Å². The number of anilines is 1. The number of benzene rings is 1. The van der Waals surface area contributed by atoms with Crippen LogP contribution in [0.4, 0.5) is 5.95 Å². The first-order chi connectivity index (χ1) is 15.9. The van der Waals surface area contributed by atoms with Crippen molar-refractivity contribution >= 4 is 41.2 Å². The Balaban J connectivity index is 1.49. The van der Waals surface area contributed by atoms with Crippen molar-refractivity contribution in [1.29, 1.82) is 0 Å². The number of halogens is 1. The van der Waals surface area contributed by atoms with E-state index >= 15 is 0 Å². The van der Waals surface area contributed by atoms with Gasteiger partial charge in [0.05, 0.1) is 11.1 Å². The van der Waals surface area contributed by atoms with Crippen LogP contribution in [-0.2, 0) is 16.1 Å². The summed E-state index contributed by atoms with van der Waals surface area (Å²) in [6.45, 7) is 1.79. The molecule has 2 N–H and O–H groups in total. The molecule has 1 aromatic heterocycles. The first kappa shape index (κ1) is 21.4. The predicted octanol–water partition coefficient (Wildman–Crippen LogP) is 0.295. The van der Waals surface area contributed by atoms with Crippen molar-refractivity contribution < 1.29 is 19.2 Å². The fourth-order valence-corrected chi connectivity index (χ4v) is 4.69. The molecule has 2 aromatic rings. The lowest BCUT2D eigenvalue weighted by molar-refractivity contribution is -0.136. The lowest BCUT2D eigenvalue weighted by Gasteiger charge is -2.29. The van der Waals surface area contributed by atoms with E-state index in [0.717, 1.165) is 17.9 Å². The number of imide groups is 2. The minimum Gasteiger partial charge on any atom is -0.332 e. The second kappa shape index (κ2) is 8.49. The van der Waals surface area contributed by atoms with Crippen LogP contribution in [0.3, 0.4) is 0 Å². The molecule has 5 rings (SSSR count). The Morgan fingerprint density at radius 2 is 1.97 bits per heavy atom. The molecule has 0 aliphatic carbocycles. The van der Waals surface area contributed by atoms with E-state index in [0.29, 0.717) is 18.1 Å². The SMILES string of the molecule is O=C1CCC(N2C(=O)c3cccc(CN(c4ncnc(Cl)n4)C4CCNC4)c3C2=O)C(=O)N1. The van der Waals surface area contributed by atoms with Crippen molar-refractivity contribution in [2.24, 2.45) is 0 Å². The monoisotopic (exact) mass is 469 g/mol. The Hall–Kier alpha value is -3.44. The lowest BCUT2D eigenvalue weighted by atomic mass is 10.0. The van der Waals surface area contributed by atoms with Crippen molar-refractivity contribution in [3.63, 3.8) is 0 Å². The number of carbonyl (C=O) groups is 4. The molecule has 4 amide bonds. The van der Waals surface area contributed by atoms with Crippen LogP contribution in [0.2, 0.25) is 5.28 Å². The van der Waals surface area contributed by atoms with Gasteiger partial charge in [-0.2, -0.15) is 4.98 Å². The Morgan fingerprint density at radius 3 is 2.70 bits per heavy atom. The summed E-state index contributed by atoms with van der Waals surface area (Å²) < 4.78 is 0. The van der Waals surface area contributed by atoms with Crippen molar-refractivity contribution in [3.8, 4) is 0 Å². The maximum Gasteiger partial charge on any atom is 0.262 e. The summed E-state index contributed by atoms with van der Waals surface area (Å²) in [4.78, 5) is 65.6. The van der Waals surface area contributed by atoms with Crippen LogP contribution in [0.15, 0.2) is 24.5 Å². The second-order valence-electron chi connectivity index (χ2n) is 8.12. The van der Waals surface area contributed by atoms with E-state index in [-0.39, 0.29) is 41.8 Å². The van der Waals surface area contributed by atoms with E-state index in [1.165, 1.54) is 6.33 Å². The zero-order valence-electron chi connectivity index (χ0n) is 17.5. The molecule has 2 atom stereocenters. The van der Waals surface area contributed by atoms with Gasteiger partial charge in [-0.15, -0.1) is 0 Å². The molecule has 0 spiro atoms. The molecule has 0 bridgehead atoms. The third kappa shape index (κ3) is 3.83. The molecule has 4 heterocycles. The van der Waals surface area contributed by atoms with Crippen LogP contribution < -0.4 is 15.5 Å². The second-order valence-corrected chi connectivity index (χ2v) is 8.45. The van der Waals surface area contributed by atoms with Gasteiger partial charge in [0, 0.05) is 25.6 Å². The molecule has 3 aliphatic heterocycles. The van der Waals surface area contributed by atoms with Crippen LogP contribution in [0, 0.1) is 0 Å². The molecule has 2 unspecified atom stereocenters. The summed E-state index contributed by atoms with van der Waals surface area (Å²) in [6, 6.07) is 4.10. The van der Waals surface area contributed by atoms with Crippen LogP contribution in [0.25, 0.3) is 0 Å². The minimum absolute atomic E-state index is 0.0535. The smallest absolute Gasteiger partial charge is 0.262 e. The molecule has 0 radical (unpaired) electrons. The average Bonchev–Trinajstić information content (AvgIpc) is 3.40. The topological polar surface area (TPSA) is 137 Å². The highest BCUT2D eigenvalue weighted by atomic mass is 35.5. The Kier molecular flexibility index (Phi) is 5.51. The van der Waals surface area contributed by atoms with Gasteiger partial charge in [-0.3, -0.25) is 29.4 Å². The zero-order chi connectivity index (χ0) is 23.1. The first-order valence-corrected chi connectivity index (χ1v) is 11.0. The fraction of sp³-hybridized carbons (Fsp3) is 0.381. The first-order valence-electron chi connectivity index (χ1n) is 10.6. The number of piperidine rings is 1. The molecule has 3 aliphatic rings. The third-order valence-corrected chi connectivity index (χ3v) is 6.34. The molecular formula is C21H20ClN7O4. The van der Waals surface area contributed by atoms with Gasteiger partial charge in [-0.25, -0.2) is 9.97 Å². The van der Waals surface area contributed by atoms with Crippen LogP contribution in [0.5, 0.6) is 0 Å². The molecule has 0 saturated carbocycles. The molecule has 33 heavy (non-hydrogen) atoms. The highest BCUT2D eigenvalue weighted by molar-refractivity contribution is 6.28. The quantitative estimate of drug-likeness (QED) is 0.592. The van der Waals surface area contributed by atoms with Crippen LogP contribution in [-0.4, -0.2) is 68.7 Å². The summed E-state index contributed by atoms with van der Waals surface area (Å²) in [7, 11) is 0. The summed E-state index contributed by atoms with van der Waals surface area (Å²) in [5.41, 5.74) is 1.10. The summed E-state index contributed by atoms with van der Waals surface area (Å²) in [5.74, 6) is -1.76. The Morgan fingerprint density at radius 1 is 1.12 bits per heavy atom. The molecule has 11 nitrogen and oxygen atoms in total. The molecular weight excluding hydrogens is 450 g/mol. The molecule has 2 fully saturated rings. The minimum atomic E-state index is -1.01. The number of fused-ring (bicyclic) bond motifs is 1. The molecule has 12 heteroatoms. The van der Waals surface area contributed by atoms with Crippen molar-refractivity contribution in [1.82, 2.24) is 30.5 Å². The number of hydrogen-bond donors (Lipinski definition) is 2. The summed E-state index contributed by atoms with van der Waals surface area (Å²) >= 11 is 5.99. The fourth-order valence-electron chi connectivity index (χ4n) is 4.58. The number of aromatic nitrogens is 3. The van der Waals surface area contributed by atoms with Gasteiger partial charge >= 0.3 is 0 Å². The number of nitrogens with zero attached hydrogens (tertiary/aromatic N) is 5. The molecule has 1 aromatic carbocycles. The van der Waals surface area contributed by atoms with Gasteiger partial charge in [0.1, 0.15) is 12.4 Å². The van der Waals surface area contributed by atoms with E-state index in [4.69, 9.17) is 11.6 Å². The highest BCUT2D eigenvalue weighted by Gasteiger charge is 2.45. The highest BCUT2D eigenvalue weighted by Crippen LogP contribution is 2.31. The number of hydrogen-bond acceptors (Lipinski definition) is 9. The van der Waals surface area contributed by atoms with Crippen molar-refractivity contribution in [2.75, 3.05) is 18.0 Å². The van der Waals surface area contributed by atoms with E-state index in [2.05, 4.69) is 25.6 Å². The Labute approximate surface area is 193 Å². The average molecular weight is 470 g/mol. The van der Waals surface area contributed by atoms with Crippen molar-refractivity contribution in [2.45, 2.75) is 37.9 Å². The third-order valence-electron chi connectivity index (χ3n) is 6.16. The number of rotatable bonds is 5. The summed E-state index contributed by atoms with van der Waals surface area (Å²) in [6.07, 6.45) is 2.34. The zero-order valence-corrected chi connectivity index (χ0v) is 18.2. The van der Waals surface area contributed by atoms with Gasteiger partial charge in [-0.05, 0) is 42.6 Å². The molecule has 170 valence electrons. The largest absolute Gasteiger partial charge is 0.332 e. The normalized spacial score (nSPS) is 22.5. The summed E-state index contributed by atoms with van der Waals surface area (Å²) in [5, 5.41) is 5.57. The van der Waals surface area contributed by atoms with Gasteiger partial charge in [0.2, 0.25) is 23.0 Å². The van der Waals surface area contributed by atoms with Gasteiger partial charge in [0.25, 0.3) is 11.8 Å². The van der Waals surface area contributed by atoms with E-state index in [9.17, 15) is 19.2 Å². The van der Waals surface area contributed by atoms with Crippen LogP contribution in [0.1, 0.15) is 45.5 Å². The predicted molar refractivity (Wildman–Crippen MR) is 115 cm³/mol.